The number of ether oxygens (including phenoxy) is 1. The summed E-state index contributed by atoms with van der Waals surface area (Å²) in [5.74, 6) is -0.348. The summed E-state index contributed by atoms with van der Waals surface area (Å²) in [6, 6.07) is 0.0594. The molecule has 0 bridgehead atoms. The van der Waals surface area contributed by atoms with E-state index in [1.54, 1.807) is 7.05 Å². The number of nitrogens with one attached hydrogen (secondary N) is 2. The van der Waals surface area contributed by atoms with Gasteiger partial charge in [0.25, 0.3) is 0 Å². The first-order valence-corrected chi connectivity index (χ1v) is 6.92. The number of carbonyl (C=O) groups is 2. The second kappa shape index (κ2) is 8.12. The molecule has 1 fully saturated rings. The zero-order valence-corrected chi connectivity index (χ0v) is 12.1. The lowest BCUT2D eigenvalue weighted by Crippen LogP contribution is -2.47. The molecule has 0 spiro atoms. The van der Waals surface area contributed by atoms with E-state index < -0.39 is 0 Å². The molecule has 0 radical (unpaired) electrons. The van der Waals surface area contributed by atoms with Gasteiger partial charge < -0.3 is 20.3 Å². The molecule has 1 aliphatic rings. The average Bonchev–Trinajstić information content (AvgIpc) is 2.83. The zero-order chi connectivity index (χ0) is 14.3. The Morgan fingerprint density at radius 3 is 2.68 bits per heavy atom. The van der Waals surface area contributed by atoms with Crippen molar-refractivity contribution in [2.45, 2.75) is 26.3 Å². The number of carbonyl (C=O) groups excluding carboxylic acids is 2. The normalized spacial score (nSPS) is 22.3. The number of rotatable bonds is 7. The number of hydrogen-bond acceptors (Lipinski definition) is 4. The molecule has 0 aromatic carbocycles. The Bertz CT molecular complexity index is 310. The third kappa shape index (κ3) is 4.80. The Labute approximate surface area is 114 Å². The quantitative estimate of drug-likeness (QED) is 0.661. The second-order valence-electron chi connectivity index (χ2n) is 4.85. The SMILES string of the molecule is CCCNC1COCC1C(=O)N(C)CC(=O)NCC. The summed E-state index contributed by atoms with van der Waals surface area (Å²) in [5.41, 5.74) is 0. The summed E-state index contributed by atoms with van der Waals surface area (Å²) in [4.78, 5) is 25.2. The Morgan fingerprint density at radius 2 is 2.05 bits per heavy atom. The van der Waals surface area contributed by atoms with Crippen LogP contribution >= 0.6 is 0 Å². The minimum absolute atomic E-state index is 0.0302. The van der Waals surface area contributed by atoms with Crippen molar-refractivity contribution in [1.29, 1.82) is 0 Å². The Morgan fingerprint density at radius 1 is 1.32 bits per heavy atom. The third-order valence-electron chi connectivity index (χ3n) is 3.19. The maximum atomic E-state index is 12.3. The van der Waals surface area contributed by atoms with Gasteiger partial charge in [-0.25, -0.2) is 0 Å². The number of amides is 2. The van der Waals surface area contributed by atoms with Crippen LogP contribution in [0.15, 0.2) is 0 Å². The van der Waals surface area contributed by atoms with Crippen molar-refractivity contribution in [2.24, 2.45) is 5.92 Å². The van der Waals surface area contributed by atoms with Gasteiger partial charge >= 0.3 is 0 Å². The summed E-state index contributed by atoms with van der Waals surface area (Å²) in [6.07, 6.45) is 1.02. The van der Waals surface area contributed by atoms with Gasteiger partial charge in [-0.1, -0.05) is 6.92 Å². The van der Waals surface area contributed by atoms with Gasteiger partial charge in [0, 0.05) is 19.6 Å². The Balaban J connectivity index is 2.48. The van der Waals surface area contributed by atoms with Crippen LogP contribution in [0.1, 0.15) is 20.3 Å². The van der Waals surface area contributed by atoms with Crippen LogP contribution in [0.5, 0.6) is 0 Å². The molecule has 1 aliphatic heterocycles. The first-order valence-electron chi connectivity index (χ1n) is 6.92. The third-order valence-corrected chi connectivity index (χ3v) is 3.19. The van der Waals surface area contributed by atoms with Crippen LogP contribution in [0, 0.1) is 5.92 Å². The van der Waals surface area contributed by atoms with Crippen LogP contribution in [0.3, 0.4) is 0 Å². The van der Waals surface area contributed by atoms with E-state index in [0.717, 1.165) is 13.0 Å². The molecule has 2 amide bonds. The lowest BCUT2D eigenvalue weighted by molar-refractivity contribution is -0.138. The first kappa shape index (κ1) is 15.9. The van der Waals surface area contributed by atoms with E-state index in [1.807, 2.05) is 6.92 Å². The molecule has 1 heterocycles. The number of nitrogens with zero attached hydrogens (tertiary/aromatic N) is 1. The zero-order valence-electron chi connectivity index (χ0n) is 12.1. The standard InChI is InChI=1S/C13H25N3O3/c1-4-6-15-11-9-19-8-10(11)13(18)16(3)7-12(17)14-5-2/h10-11,15H,4-9H2,1-3H3,(H,14,17). The van der Waals surface area contributed by atoms with Gasteiger partial charge in [-0.15, -0.1) is 0 Å². The minimum atomic E-state index is -0.189. The fraction of sp³-hybridized carbons (Fsp3) is 0.846. The number of hydrogen-bond donors (Lipinski definition) is 2. The Hall–Kier alpha value is -1.14. The highest BCUT2D eigenvalue weighted by Gasteiger charge is 2.35. The van der Waals surface area contributed by atoms with Crippen molar-refractivity contribution in [2.75, 3.05) is 39.9 Å². The fourth-order valence-corrected chi connectivity index (χ4v) is 2.16. The van der Waals surface area contributed by atoms with Gasteiger partial charge in [-0.3, -0.25) is 9.59 Å². The molecule has 1 saturated heterocycles. The van der Waals surface area contributed by atoms with E-state index >= 15 is 0 Å². The predicted octanol–water partition coefficient (Wildman–Crippen LogP) is -0.404. The lowest BCUT2D eigenvalue weighted by Gasteiger charge is -2.24. The van der Waals surface area contributed by atoms with Crippen molar-refractivity contribution >= 4 is 11.8 Å². The molecule has 1 rings (SSSR count). The average molecular weight is 271 g/mol. The van der Waals surface area contributed by atoms with E-state index in [0.29, 0.717) is 19.8 Å². The molecule has 0 aliphatic carbocycles. The predicted molar refractivity (Wildman–Crippen MR) is 72.7 cm³/mol. The fourth-order valence-electron chi connectivity index (χ4n) is 2.16. The summed E-state index contributed by atoms with van der Waals surface area (Å²) in [6.45, 7) is 6.48. The van der Waals surface area contributed by atoms with E-state index in [4.69, 9.17) is 4.74 Å². The molecule has 6 nitrogen and oxygen atoms in total. The van der Waals surface area contributed by atoms with Gasteiger partial charge in [0.15, 0.2) is 0 Å². The van der Waals surface area contributed by atoms with Crippen molar-refractivity contribution in [1.82, 2.24) is 15.5 Å². The smallest absolute Gasteiger partial charge is 0.239 e. The molecule has 0 saturated carbocycles. The van der Waals surface area contributed by atoms with Crippen molar-refractivity contribution in [3.8, 4) is 0 Å². The molecule has 2 unspecified atom stereocenters. The van der Waals surface area contributed by atoms with Crippen LogP contribution in [-0.2, 0) is 14.3 Å². The van der Waals surface area contributed by atoms with E-state index in [-0.39, 0.29) is 30.3 Å². The molecule has 110 valence electrons. The second-order valence-corrected chi connectivity index (χ2v) is 4.85. The molecule has 2 N–H and O–H groups in total. The van der Waals surface area contributed by atoms with Crippen molar-refractivity contribution in [3.05, 3.63) is 0 Å². The maximum Gasteiger partial charge on any atom is 0.239 e. The van der Waals surface area contributed by atoms with Crippen molar-refractivity contribution < 1.29 is 14.3 Å². The molecular formula is C13H25N3O3. The molecule has 0 aromatic rings. The Kier molecular flexibility index (Phi) is 6.80. The summed E-state index contributed by atoms with van der Waals surface area (Å²) < 4.78 is 5.38. The van der Waals surface area contributed by atoms with Crippen LogP contribution in [0.25, 0.3) is 0 Å². The molecule has 19 heavy (non-hydrogen) atoms. The van der Waals surface area contributed by atoms with E-state index in [9.17, 15) is 9.59 Å². The van der Waals surface area contributed by atoms with Gasteiger partial charge in [-0.05, 0) is 19.9 Å². The van der Waals surface area contributed by atoms with E-state index in [2.05, 4.69) is 17.6 Å². The minimum Gasteiger partial charge on any atom is -0.379 e. The van der Waals surface area contributed by atoms with Crippen molar-refractivity contribution in [3.63, 3.8) is 0 Å². The van der Waals surface area contributed by atoms with Crippen LogP contribution in [0.2, 0.25) is 0 Å². The van der Waals surface area contributed by atoms with Crippen LogP contribution in [0.4, 0.5) is 0 Å². The van der Waals surface area contributed by atoms with Gasteiger partial charge in [-0.2, -0.15) is 0 Å². The highest BCUT2D eigenvalue weighted by Crippen LogP contribution is 2.16. The molecule has 0 aromatic heterocycles. The van der Waals surface area contributed by atoms with Gasteiger partial charge in [0.1, 0.15) is 0 Å². The largest absolute Gasteiger partial charge is 0.379 e. The summed E-state index contributed by atoms with van der Waals surface area (Å²) in [5, 5.41) is 6.01. The summed E-state index contributed by atoms with van der Waals surface area (Å²) >= 11 is 0. The highest BCUT2D eigenvalue weighted by molar-refractivity contribution is 5.86. The molecule has 6 heteroatoms. The van der Waals surface area contributed by atoms with Gasteiger partial charge in [0.2, 0.25) is 11.8 Å². The van der Waals surface area contributed by atoms with Crippen LogP contribution in [-0.4, -0.2) is 62.7 Å². The highest BCUT2D eigenvalue weighted by atomic mass is 16.5. The molecule has 2 atom stereocenters. The first-order chi connectivity index (χ1) is 9.10. The van der Waals surface area contributed by atoms with Gasteiger partial charge in [0.05, 0.1) is 25.7 Å². The topological polar surface area (TPSA) is 70.7 Å². The van der Waals surface area contributed by atoms with E-state index in [1.165, 1.54) is 4.90 Å². The monoisotopic (exact) mass is 271 g/mol. The summed E-state index contributed by atoms with van der Waals surface area (Å²) in [7, 11) is 1.66. The number of likely N-dealkylation sites (N-methyl/N-ethyl adjacent to an activating group) is 2. The maximum absolute atomic E-state index is 12.3. The molecular weight excluding hydrogens is 246 g/mol. The van der Waals surface area contributed by atoms with Crippen LogP contribution < -0.4 is 10.6 Å². The lowest BCUT2D eigenvalue weighted by atomic mass is 10.0.